The Labute approximate surface area is 172 Å². The van der Waals surface area contributed by atoms with E-state index in [1.54, 1.807) is 54.5 Å². The van der Waals surface area contributed by atoms with Crippen molar-refractivity contribution in [1.82, 2.24) is 0 Å². The first-order valence-electron chi connectivity index (χ1n) is 9.35. The van der Waals surface area contributed by atoms with Gasteiger partial charge < -0.3 is 24.1 Å². The van der Waals surface area contributed by atoms with Crippen LogP contribution in [-0.2, 0) is 9.59 Å². The molecule has 0 unspecified atom stereocenters. The number of amides is 2. The number of anilines is 2. The molecule has 2 aromatic carbocycles. The average molecular weight is 408 g/mol. The van der Waals surface area contributed by atoms with Crippen LogP contribution in [0.25, 0.3) is 11.0 Å². The molecule has 0 radical (unpaired) electrons. The highest BCUT2D eigenvalue weighted by Gasteiger charge is 2.36. The molecule has 1 aliphatic heterocycles. The van der Waals surface area contributed by atoms with Gasteiger partial charge in [0.2, 0.25) is 11.8 Å². The van der Waals surface area contributed by atoms with Gasteiger partial charge in [-0.05, 0) is 36.4 Å². The molecule has 0 bridgehead atoms. The molecule has 0 saturated carbocycles. The average Bonchev–Trinajstić information content (AvgIpc) is 3.14. The van der Waals surface area contributed by atoms with Crippen molar-refractivity contribution in [3.63, 3.8) is 0 Å². The van der Waals surface area contributed by atoms with Crippen molar-refractivity contribution in [3.05, 3.63) is 59.0 Å². The Kier molecular flexibility index (Phi) is 5.14. The van der Waals surface area contributed by atoms with E-state index in [2.05, 4.69) is 5.32 Å². The maximum atomic E-state index is 12.8. The van der Waals surface area contributed by atoms with E-state index < -0.39 is 11.5 Å². The fourth-order valence-corrected chi connectivity index (χ4v) is 3.52. The topological polar surface area (TPSA) is 98.1 Å². The first-order chi connectivity index (χ1) is 14.5. The van der Waals surface area contributed by atoms with Gasteiger partial charge >= 0.3 is 5.63 Å². The quantitative estimate of drug-likeness (QED) is 0.652. The Morgan fingerprint density at radius 2 is 1.90 bits per heavy atom. The molecule has 0 aliphatic carbocycles. The highest BCUT2D eigenvalue weighted by atomic mass is 16.5. The zero-order chi connectivity index (χ0) is 21.3. The highest BCUT2D eigenvalue weighted by Crippen LogP contribution is 2.36. The molecule has 154 valence electrons. The summed E-state index contributed by atoms with van der Waals surface area (Å²) in [5, 5.41) is 3.54. The zero-order valence-corrected chi connectivity index (χ0v) is 16.5. The SMILES string of the molecule is COc1ccc(N2C[C@H](C(=O)Nc3ccc4oc(=O)ccc4c3)CC2=O)c(OC)c1. The standard InChI is InChI=1S/C22H20N2O6/c1-28-16-5-6-17(19(11-16)29-2)24-12-14(10-20(24)25)22(27)23-15-4-7-18-13(9-15)3-8-21(26)30-18/h3-9,11,14H,10,12H2,1-2H3,(H,23,27)/t14-/m1/s1. The van der Waals surface area contributed by atoms with Crippen LogP contribution in [-0.4, -0.2) is 32.6 Å². The number of benzene rings is 2. The summed E-state index contributed by atoms with van der Waals surface area (Å²) in [4.78, 5) is 38.2. The lowest BCUT2D eigenvalue weighted by Gasteiger charge is -2.20. The van der Waals surface area contributed by atoms with E-state index in [4.69, 9.17) is 13.9 Å². The van der Waals surface area contributed by atoms with Gasteiger partial charge in [-0.3, -0.25) is 9.59 Å². The second-order valence-corrected chi connectivity index (χ2v) is 6.94. The summed E-state index contributed by atoms with van der Waals surface area (Å²) >= 11 is 0. The van der Waals surface area contributed by atoms with Crippen LogP contribution in [0.1, 0.15) is 6.42 Å². The van der Waals surface area contributed by atoms with Crippen molar-refractivity contribution in [2.24, 2.45) is 5.92 Å². The monoisotopic (exact) mass is 408 g/mol. The van der Waals surface area contributed by atoms with Crippen molar-refractivity contribution in [1.29, 1.82) is 0 Å². The highest BCUT2D eigenvalue weighted by molar-refractivity contribution is 6.04. The Bertz CT molecular complexity index is 1190. The lowest BCUT2D eigenvalue weighted by Crippen LogP contribution is -2.28. The van der Waals surface area contributed by atoms with E-state index in [9.17, 15) is 14.4 Å². The van der Waals surface area contributed by atoms with E-state index in [0.29, 0.717) is 33.8 Å². The van der Waals surface area contributed by atoms with Crippen LogP contribution in [0.5, 0.6) is 11.5 Å². The van der Waals surface area contributed by atoms with E-state index >= 15 is 0 Å². The molecule has 1 fully saturated rings. The molecular formula is C22H20N2O6. The van der Waals surface area contributed by atoms with E-state index in [-0.39, 0.29) is 24.8 Å². The Morgan fingerprint density at radius 1 is 1.07 bits per heavy atom. The van der Waals surface area contributed by atoms with Crippen LogP contribution in [0.2, 0.25) is 0 Å². The third kappa shape index (κ3) is 3.71. The number of fused-ring (bicyclic) bond motifs is 1. The number of methoxy groups -OCH3 is 2. The number of ether oxygens (including phenoxy) is 2. The van der Waals surface area contributed by atoms with Crippen LogP contribution >= 0.6 is 0 Å². The number of nitrogens with zero attached hydrogens (tertiary/aromatic N) is 1. The Balaban J connectivity index is 1.51. The molecule has 1 aromatic heterocycles. The van der Waals surface area contributed by atoms with Gasteiger partial charge in [-0.15, -0.1) is 0 Å². The summed E-state index contributed by atoms with van der Waals surface area (Å²) in [6.45, 7) is 0.246. The van der Waals surface area contributed by atoms with Crippen LogP contribution in [0, 0.1) is 5.92 Å². The lowest BCUT2D eigenvalue weighted by atomic mass is 10.1. The zero-order valence-electron chi connectivity index (χ0n) is 16.5. The predicted octanol–water partition coefficient (Wildman–Crippen LogP) is 2.80. The molecule has 1 atom stereocenters. The van der Waals surface area contributed by atoms with Gasteiger partial charge in [0.1, 0.15) is 17.1 Å². The van der Waals surface area contributed by atoms with Gasteiger partial charge in [-0.25, -0.2) is 4.79 Å². The van der Waals surface area contributed by atoms with Gasteiger partial charge in [0.15, 0.2) is 0 Å². The smallest absolute Gasteiger partial charge is 0.336 e. The van der Waals surface area contributed by atoms with Gasteiger partial charge in [0.05, 0.1) is 25.8 Å². The molecule has 8 nitrogen and oxygen atoms in total. The molecular weight excluding hydrogens is 388 g/mol. The van der Waals surface area contributed by atoms with Crippen molar-refractivity contribution in [2.45, 2.75) is 6.42 Å². The normalized spacial score (nSPS) is 16.0. The maximum Gasteiger partial charge on any atom is 0.336 e. The minimum atomic E-state index is -0.506. The van der Waals surface area contributed by atoms with Crippen molar-refractivity contribution in [2.75, 3.05) is 31.0 Å². The summed E-state index contributed by atoms with van der Waals surface area (Å²) in [7, 11) is 3.07. The third-order valence-electron chi connectivity index (χ3n) is 5.06. The minimum Gasteiger partial charge on any atom is -0.497 e. The summed E-state index contributed by atoms with van der Waals surface area (Å²) < 4.78 is 15.7. The molecule has 1 saturated heterocycles. The maximum absolute atomic E-state index is 12.8. The van der Waals surface area contributed by atoms with E-state index in [1.807, 2.05) is 0 Å². The van der Waals surface area contributed by atoms with Crippen LogP contribution < -0.4 is 25.3 Å². The number of hydrogen-bond donors (Lipinski definition) is 1. The van der Waals surface area contributed by atoms with Gasteiger partial charge in [0, 0.05) is 36.2 Å². The first kappa shape index (κ1) is 19.5. The Hall–Kier alpha value is -3.81. The molecule has 30 heavy (non-hydrogen) atoms. The van der Waals surface area contributed by atoms with Crippen LogP contribution in [0.3, 0.4) is 0 Å². The molecule has 2 heterocycles. The van der Waals surface area contributed by atoms with Crippen molar-refractivity contribution < 1.29 is 23.5 Å². The van der Waals surface area contributed by atoms with Crippen LogP contribution in [0.4, 0.5) is 11.4 Å². The predicted molar refractivity (Wildman–Crippen MR) is 111 cm³/mol. The van der Waals surface area contributed by atoms with Gasteiger partial charge in [-0.1, -0.05) is 0 Å². The molecule has 4 rings (SSSR count). The fraction of sp³-hybridized carbons (Fsp3) is 0.227. The van der Waals surface area contributed by atoms with Gasteiger partial charge in [0.25, 0.3) is 0 Å². The van der Waals surface area contributed by atoms with Crippen molar-refractivity contribution >= 4 is 34.2 Å². The number of carbonyl (C=O) groups excluding carboxylic acids is 2. The summed E-state index contributed by atoms with van der Waals surface area (Å²) in [5.74, 6) is 0.200. The molecule has 0 spiro atoms. The van der Waals surface area contributed by atoms with E-state index in [1.165, 1.54) is 13.2 Å². The Morgan fingerprint density at radius 3 is 2.67 bits per heavy atom. The summed E-state index contributed by atoms with van der Waals surface area (Å²) in [6.07, 6.45) is 0.101. The number of carbonyl (C=O) groups is 2. The van der Waals surface area contributed by atoms with Crippen molar-refractivity contribution in [3.8, 4) is 11.5 Å². The molecule has 3 aromatic rings. The molecule has 8 heteroatoms. The molecule has 1 aliphatic rings. The second-order valence-electron chi connectivity index (χ2n) is 6.94. The minimum absolute atomic E-state index is 0.101. The molecule has 2 amide bonds. The van der Waals surface area contributed by atoms with Gasteiger partial charge in [-0.2, -0.15) is 0 Å². The van der Waals surface area contributed by atoms with E-state index in [0.717, 1.165) is 0 Å². The third-order valence-corrected chi connectivity index (χ3v) is 5.06. The number of hydrogen-bond acceptors (Lipinski definition) is 6. The first-order valence-corrected chi connectivity index (χ1v) is 9.35. The largest absolute Gasteiger partial charge is 0.497 e. The summed E-state index contributed by atoms with van der Waals surface area (Å²) in [6, 6.07) is 13.1. The second kappa shape index (κ2) is 7.90. The van der Waals surface area contributed by atoms with Crippen LogP contribution in [0.15, 0.2) is 57.7 Å². The lowest BCUT2D eigenvalue weighted by molar-refractivity contribution is -0.122. The fourth-order valence-electron chi connectivity index (χ4n) is 3.52. The number of rotatable bonds is 5. The summed E-state index contributed by atoms with van der Waals surface area (Å²) in [5.41, 5.74) is 1.17. The number of nitrogens with one attached hydrogen (secondary N) is 1. The molecule has 1 N–H and O–H groups in total.